The fourth-order valence-electron chi connectivity index (χ4n) is 2.14. The minimum absolute atomic E-state index is 0.167. The number of hydrogen-bond acceptors (Lipinski definition) is 3. The molecule has 1 radical (unpaired) electrons. The summed E-state index contributed by atoms with van der Waals surface area (Å²) in [6.07, 6.45) is 11.1. The van der Waals surface area contributed by atoms with Gasteiger partial charge in [-0.15, -0.1) is 11.3 Å². The van der Waals surface area contributed by atoms with Gasteiger partial charge >= 0.3 is 5.97 Å². The number of esters is 1. The molecule has 0 unspecified atom stereocenters. The molecule has 1 rings (SSSR count). The van der Waals surface area contributed by atoms with E-state index in [0.29, 0.717) is 6.61 Å². The van der Waals surface area contributed by atoms with Crippen LogP contribution in [-0.2, 0) is 16.0 Å². The molecule has 20 heavy (non-hydrogen) atoms. The third kappa shape index (κ3) is 8.75. The molecule has 1 heterocycles. The number of ether oxygens (including phenoxy) is 1. The largest absolute Gasteiger partial charge is 0.466 e. The molecule has 0 aromatic carbocycles. The van der Waals surface area contributed by atoms with Gasteiger partial charge in [0.25, 0.3) is 0 Å². The Hall–Kier alpha value is -0.350. The van der Waals surface area contributed by atoms with Gasteiger partial charge in [0.05, 0.1) is 10.4 Å². The van der Waals surface area contributed by atoms with E-state index in [1.54, 1.807) is 11.3 Å². The fourth-order valence-corrected chi connectivity index (χ4v) is 3.33. The van der Waals surface area contributed by atoms with Gasteiger partial charge in [-0.1, -0.05) is 38.5 Å². The van der Waals surface area contributed by atoms with E-state index in [-0.39, 0.29) is 5.97 Å². The first-order valence-corrected chi connectivity index (χ1v) is 9.08. The number of unbranched alkanes of at least 4 members (excludes halogenated alkanes) is 7. The maximum Gasteiger partial charge on any atom is 0.302 e. The van der Waals surface area contributed by atoms with Crippen molar-refractivity contribution in [2.24, 2.45) is 0 Å². The second-order valence-corrected chi connectivity index (χ2v) is 7.25. The first kappa shape index (κ1) is 17.7. The van der Waals surface area contributed by atoms with Crippen molar-refractivity contribution in [1.29, 1.82) is 0 Å². The molecule has 0 amide bonds. The minimum atomic E-state index is -0.167. The first-order valence-electron chi connectivity index (χ1n) is 7.48. The van der Waals surface area contributed by atoms with E-state index in [2.05, 4.69) is 27.4 Å². The van der Waals surface area contributed by atoms with Crippen LogP contribution in [0.4, 0.5) is 0 Å². The van der Waals surface area contributed by atoms with Crippen LogP contribution in [0.3, 0.4) is 0 Å². The predicted molar refractivity (Wildman–Crippen MR) is 88.1 cm³/mol. The number of hydrogen-bond donors (Lipinski definition) is 0. The van der Waals surface area contributed by atoms with Gasteiger partial charge in [-0.3, -0.25) is 4.79 Å². The molecular weight excluding hydrogens is 336 g/mol. The average Bonchev–Trinajstić information content (AvgIpc) is 2.81. The molecule has 0 saturated heterocycles. The Labute approximate surface area is 135 Å². The monoisotopic (exact) mass is 359 g/mol. The predicted octanol–water partition coefficient (Wildman–Crippen LogP) is 5.54. The maximum atomic E-state index is 10.6. The molecular formula is C16H24BrO2S. The lowest BCUT2D eigenvalue weighted by Gasteiger charge is -2.03. The molecule has 0 spiro atoms. The fraction of sp³-hybridized carbons (Fsp3) is 0.688. The second-order valence-electron chi connectivity index (χ2n) is 5.08. The maximum absolute atomic E-state index is 10.6. The third-order valence-electron chi connectivity index (χ3n) is 3.28. The smallest absolute Gasteiger partial charge is 0.302 e. The van der Waals surface area contributed by atoms with E-state index >= 15 is 0 Å². The van der Waals surface area contributed by atoms with Crippen molar-refractivity contribution in [3.8, 4) is 0 Å². The highest BCUT2D eigenvalue weighted by molar-refractivity contribution is 9.11. The molecule has 1 aromatic rings. The van der Waals surface area contributed by atoms with E-state index in [9.17, 15) is 4.79 Å². The topological polar surface area (TPSA) is 26.3 Å². The van der Waals surface area contributed by atoms with E-state index < -0.39 is 0 Å². The summed E-state index contributed by atoms with van der Waals surface area (Å²) >= 11 is 5.20. The van der Waals surface area contributed by atoms with Gasteiger partial charge in [0.15, 0.2) is 0 Å². The highest BCUT2D eigenvalue weighted by Crippen LogP contribution is 2.24. The molecule has 0 aliphatic carbocycles. The number of halogens is 1. The van der Waals surface area contributed by atoms with Gasteiger partial charge in [-0.05, 0) is 46.8 Å². The van der Waals surface area contributed by atoms with E-state index in [0.717, 1.165) is 6.42 Å². The first-order chi connectivity index (χ1) is 9.70. The van der Waals surface area contributed by atoms with Crippen LogP contribution in [-0.4, -0.2) is 12.6 Å². The highest BCUT2D eigenvalue weighted by Gasteiger charge is 2.00. The molecule has 113 valence electrons. The lowest BCUT2D eigenvalue weighted by molar-refractivity contribution is -0.141. The Balaban J connectivity index is 1.81. The summed E-state index contributed by atoms with van der Waals surface area (Å²) in [6.45, 7) is 2.05. The zero-order chi connectivity index (χ0) is 14.6. The van der Waals surface area contributed by atoms with Gasteiger partial charge in [0, 0.05) is 12.3 Å². The van der Waals surface area contributed by atoms with E-state index in [1.165, 1.54) is 67.6 Å². The number of thiophene rings is 1. The van der Waals surface area contributed by atoms with Gasteiger partial charge in [-0.2, -0.15) is 0 Å². The van der Waals surface area contributed by atoms with Crippen molar-refractivity contribution < 1.29 is 9.53 Å². The van der Waals surface area contributed by atoms with Crippen molar-refractivity contribution in [3.05, 3.63) is 20.8 Å². The van der Waals surface area contributed by atoms with Crippen LogP contribution >= 0.6 is 27.3 Å². The number of carbonyl (C=O) groups is 1. The Morgan fingerprint density at radius 1 is 1.15 bits per heavy atom. The van der Waals surface area contributed by atoms with E-state index in [4.69, 9.17) is 4.74 Å². The van der Waals surface area contributed by atoms with E-state index in [1.807, 2.05) is 0 Å². The van der Waals surface area contributed by atoms with Crippen molar-refractivity contribution >= 4 is 33.2 Å². The molecule has 1 aromatic heterocycles. The summed E-state index contributed by atoms with van der Waals surface area (Å²) in [5.74, 6) is -0.167. The van der Waals surface area contributed by atoms with Crippen LogP contribution in [0, 0.1) is 5.38 Å². The zero-order valence-corrected chi connectivity index (χ0v) is 14.7. The van der Waals surface area contributed by atoms with Crippen molar-refractivity contribution in [1.82, 2.24) is 0 Å². The molecule has 0 bridgehead atoms. The molecule has 0 N–H and O–H groups in total. The van der Waals surface area contributed by atoms with Crippen LogP contribution in [0.15, 0.2) is 9.85 Å². The number of carbonyl (C=O) groups excluding carboxylic acids is 1. The lowest BCUT2D eigenvalue weighted by atomic mass is 10.1. The molecule has 0 fully saturated rings. The standard InChI is InChI=1S/C16H24BrO2S/c1-14(18)19-12-9-7-5-3-2-4-6-8-10-15-11-13-20-16(15)17/h11H,2-10,12H2,1H3. The number of aryl methyl sites for hydroxylation is 1. The van der Waals surface area contributed by atoms with Crippen LogP contribution in [0.5, 0.6) is 0 Å². The number of rotatable bonds is 11. The molecule has 4 heteroatoms. The zero-order valence-electron chi connectivity index (χ0n) is 12.3. The normalized spacial score (nSPS) is 10.7. The Bertz CT molecular complexity index is 376. The summed E-state index contributed by atoms with van der Waals surface area (Å²) < 4.78 is 6.14. The highest BCUT2D eigenvalue weighted by atomic mass is 79.9. The summed E-state index contributed by atoms with van der Waals surface area (Å²) in [4.78, 5) is 10.6. The summed E-state index contributed by atoms with van der Waals surface area (Å²) in [5.41, 5.74) is 1.40. The SMILES string of the molecule is CC(=O)OCCCCCCCCCCc1c[c]sc1Br. The van der Waals surface area contributed by atoms with Crippen LogP contribution in [0.25, 0.3) is 0 Å². The quantitative estimate of drug-likeness (QED) is 0.383. The summed E-state index contributed by atoms with van der Waals surface area (Å²) in [6, 6.07) is 2.10. The molecule has 0 atom stereocenters. The molecule has 2 nitrogen and oxygen atoms in total. The second kappa shape index (κ2) is 11.3. The Kier molecular flexibility index (Phi) is 10.0. The average molecular weight is 360 g/mol. The van der Waals surface area contributed by atoms with Crippen molar-refractivity contribution in [2.45, 2.75) is 64.7 Å². The third-order valence-corrected chi connectivity index (χ3v) is 4.95. The minimum Gasteiger partial charge on any atom is -0.466 e. The van der Waals surface area contributed by atoms with Crippen LogP contribution in [0.1, 0.15) is 63.9 Å². The van der Waals surface area contributed by atoms with Gasteiger partial charge < -0.3 is 4.74 Å². The van der Waals surface area contributed by atoms with Crippen molar-refractivity contribution in [2.75, 3.05) is 6.61 Å². The Morgan fingerprint density at radius 3 is 2.30 bits per heavy atom. The van der Waals surface area contributed by atoms with Crippen LogP contribution < -0.4 is 0 Å². The Morgan fingerprint density at radius 2 is 1.75 bits per heavy atom. The van der Waals surface area contributed by atoms with Gasteiger partial charge in [0.1, 0.15) is 0 Å². The summed E-state index contributed by atoms with van der Waals surface area (Å²) in [7, 11) is 0. The van der Waals surface area contributed by atoms with Crippen LogP contribution in [0.2, 0.25) is 0 Å². The summed E-state index contributed by atoms with van der Waals surface area (Å²) in [5, 5.41) is 3.15. The molecule has 0 saturated carbocycles. The van der Waals surface area contributed by atoms with Crippen molar-refractivity contribution in [3.63, 3.8) is 0 Å². The van der Waals surface area contributed by atoms with Gasteiger partial charge in [-0.25, -0.2) is 0 Å². The molecule has 0 aliphatic heterocycles. The lowest BCUT2D eigenvalue weighted by Crippen LogP contribution is -2.00. The van der Waals surface area contributed by atoms with Gasteiger partial charge in [0.2, 0.25) is 0 Å². The molecule has 0 aliphatic rings.